The van der Waals surface area contributed by atoms with E-state index in [1.54, 1.807) is 7.11 Å². The lowest BCUT2D eigenvalue weighted by Gasteiger charge is -2.12. The van der Waals surface area contributed by atoms with Crippen LogP contribution in [0.2, 0.25) is 0 Å². The predicted octanol–water partition coefficient (Wildman–Crippen LogP) is 2.81. The fourth-order valence-electron chi connectivity index (χ4n) is 2.41. The number of amidine groups is 1. The molecular formula is C19H19N3O3S. The highest BCUT2D eigenvalue weighted by Gasteiger charge is 2.32. The first-order valence-electron chi connectivity index (χ1n) is 8.14. The average molecular weight is 369 g/mol. The smallest absolute Gasteiger partial charge is 0.240 e. The van der Waals surface area contributed by atoms with Gasteiger partial charge < -0.3 is 10.1 Å². The molecule has 26 heavy (non-hydrogen) atoms. The third kappa shape index (κ3) is 4.86. The van der Waals surface area contributed by atoms with E-state index in [4.69, 9.17) is 4.74 Å². The molecule has 6 nitrogen and oxygen atoms in total. The molecule has 2 N–H and O–H groups in total. The number of thioether (sulfide) groups is 1. The minimum Gasteiger partial charge on any atom is -0.497 e. The minimum atomic E-state index is -0.465. The van der Waals surface area contributed by atoms with E-state index in [2.05, 4.69) is 15.6 Å². The van der Waals surface area contributed by atoms with Gasteiger partial charge in [-0.25, -0.2) is 0 Å². The van der Waals surface area contributed by atoms with Crippen molar-refractivity contribution in [3.63, 3.8) is 0 Å². The summed E-state index contributed by atoms with van der Waals surface area (Å²) < 4.78 is 5.16. The molecule has 2 aromatic rings. The maximum atomic E-state index is 11.9. The van der Waals surface area contributed by atoms with Gasteiger partial charge in [-0.15, -0.1) is 0 Å². The van der Waals surface area contributed by atoms with Gasteiger partial charge in [-0.05, 0) is 29.8 Å². The Hall–Kier alpha value is -2.80. The van der Waals surface area contributed by atoms with Gasteiger partial charge in [0, 0.05) is 12.1 Å². The first kappa shape index (κ1) is 18.0. The molecule has 0 bridgehead atoms. The Morgan fingerprint density at radius 2 is 1.92 bits per heavy atom. The van der Waals surface area contributed by atoms with Gasteiger partial charge in [-0.2, -0.15) is 0 Å². The SMILES string of the molecule is COc1ccc(CN=C(Nc2ccccc2)S[C@H]2CC(=O)NC2=O)cc1. The van der Waals surface area contributed by atoms with Crippen LogP contribution in [0.5, 0.6) is 5.75 Å². The van der Waals surface area contributed by atoms with Crippen LogP contribution >= 0.6 is 11.8 Å². The Balaban J connectivity index is 1.74. The van der Waals surface area contributed by atoms with Crippen molar-refractivity contribution in [2.75, 3.05) is 12.4 Å². The van der Waals surface area contributed by atoms with Crippen LogP contribution in [0.4, 0.5) is 5.69 Å². The van der Waals surface area contributed by atoms with E-state index in [0.717, 1.165) is 17.0 Å². The van der Waals surface area contributed by atoms with Crippen LogP contribution < -0.4 is 15.4 Å². The lowest BCUT2D eigenvalue weighted by atomic mass is 10.2. The Morgan fingerprint density at radius 3 is 2.54 bits per heavy atom. The zero-order valence-corrected chi connectivity index (χ0v) is 15.1. The van der Waals surface area contributed by atoms with Gasteiger partial charge in [-0.3, -0.25) is 19.9 Å². The number of benzene rings is 2. The largest absolute Gasteiger partial charge is 0.497 e. The van der Waals surface area contributed by atoms with Crippen LogP contribution in [0.1, 0.15) is 12.0 Å². The Morgan fingerprint density at radius 1 is 1.19 bits per heavy atom. The summed E-state index contributed by atoms with van der Waals surface area (Å²) in [6.45, 7) is 0.453. The van der Waals surface area contributed by atoms with Gasteiger partial charge in [0.1, 0.15) is 11.0 Å². The monoisotopic (exact) mass is 369 g/mol. The second kappa shape index (κ2) is 8.53. The van der Waals surface area contributed by atoms with E-state index >= 15 is 0 Å². The van der Waals surface area contributed by atoms with Gasteiger partial charge in [0.2, 0.25) is 11.8 Å². The van der Waals surface area contributed by atoms with Crippen molar-refractivity contribution >= 4 is 34.4 Å². The number of rotatable bonds is 5. The average Bonchev–Trinajstić information content (AvgIpc) is 2.98. The number of aliphatic imine (C=N–C) groups is 1. The summed E-state index contributed by atoms with van der Waals surface area (Å²) >= 11 is 1.27. The standard InChI is InChI=1S/C19H19N3O3S/c1-25-15-9-7-13(8-10-15)12-20-19(21-14-5-3-2-4-6-14)26-16-11-17(23)22-18(16)24/h2-10,16H,11-12H2,1H3,(H,20,21)(H,22,23,24)/t16-/m0/s1. The van der Waals surface area contributed by atoms with Crippen LogP contribution in [-0.2, 0) is 16.1 Å². The van der Waals surface area contributed by atoms with Crippen molar-refractivity contribution in [1.82, 2.24) is 5.32 Å². The normalized spacial score (nSPS) is 17.1. The van der Waals surface area contributed by atoms with Gasteiger partial charge in [0.05, 0.1) is 13.7 Å². The number of ether oxygens (including phenoxy) is 1. The van der Waals surface area contributed by atoms with Gasteiger partial charge in [0.15, 0.2) is 5.17 Å². The van der Waals surface area contributed by atoms with Gasteiger partial charge >= 0.3 is 0 Å². The lowest BCUT2D eigenvalue weighted by Crippen LogP contribution is -2.25. The van der Waals surface area contributed by atoms with Crippen molar-refractivity contribution in [3.8, 4) is 5.75 Å². The second-order valence-electron chi connectivity index (χ2n) is 5.68. The third-order valence-electron chi connectivity index (χ3n) is 3.77. The minimum absolute atomic E-state index is 0.168. The van der Waals surface area contributed by atoms with E-state index in [-0.39, 0.29) is 18.2 Å². The molecule has 7 heteroatoms. The Bertz CT molecular complexity index is 807. The summed E-state index contributed by atoms with van der Waals surface area (Å²) in [5.41, 5.74) is 1.89. The van der Waals surface area contributed by atoms with E-state index in [1.807, 2.05) is 54.6 Å². The number of imide groups is 1. The molecule has 1 saturated heterocycles. The fourth-order valence-corrected chi connectivity index (χ4v) is 3.39. The topological polar surface area (TPSA) is 79.8 Å². The number of nitrogens with zero attached hydrogens (tertiary/aromatic N) is 1. The first-order chi connectivity index (χ1) is 12.6. The number of hydrogen-bond acceptors (Lipinski definition) is 5. The van der Waals surface area contributed by atoms with Gasteiger partial charge in [-0.1, -0.05) is 42.1 Å². The van der Waals surface area contributed by atoms with Crippen molar-refractivity contribution < 1.29 is 14.3 Å². The van der Waals surface area contributed by atoms with Crippen molar-refractivity contribution in [3.05, 3.63) is 60.2 Å². The van der Waals surface area contributed by atoms with Crippen LogP contribution in [0.15, 0.2) is 59.6 Å². The molecule has 134 valence electrons. The molecule has 1 fully saturated rings. The van der Waals surface area contributed by atoms with Crippen LogP contribution in [0.25, 0.3) is 0 Å². The second-order valence-corrected chi connectivity index (χ2v) is 6.87. The fraction of sp³-hybridized carbons (Fsp3) is 0.211. The van der Waals surface area contributed by atoms with Crippen molar-refractivity contribution in [1.29, 1.82) is 0 Å². The molecule has 1 heterocycles. The van der Waals surface area contributed by atoms with Crippen LogP contribution in [0.3, 0.4) is 0 Å². The zero-order valence-electron chi connectivity index (χ0n) is 14.3. The number of anilines is 1. The maximum Gasteiger partial charge on any atom is 0.240 e. The molecule has 1 atom stereocenters. The molecular weight excluding hydrogens is 350 g/mol. The molecule has 0 unspecified atom stereocenters. The number of nitrogens with one attached hydrogen (secondary N) is 2. The van der Waals surface area contributed by atoms with E-state index < -0.39 is 5.25 Å². The van der Waals surface area contributed by atoms with Crippen molar-refractivity contribution in [2.24, 2.45) is 4.99 Å². The number of amides is 2. The molecule has 1 aliphatic heterocycles. The first-order valence-corrected chi connectivity index (χ1v) is 9.02. The molecule has 0 radical (unpaired) electrons. The molecule has 0 saturated carbocycles. The Labute approximate surface area is 156 Å². The highest BCUT2D eigenvalue weighted by atomic mass is 32.2. The number of methoxy groups -OCH3 is 1. The number of para-hydroxylation sites is 1. The molecule has 0 aromatic heterocycles. The summed E-state index contributed by atoms with van der Waals surface area (Å²) in [6.07, 6.45) is 0.168. The molecule has 1 aliphatic rings. The van der Waals surface area contributed by atoms with Gasteiger partial charge in [0.25, 0.3) is 0 Å². The summed E-state index contributed by atoms with van der Waals surface area (Å²) in [4.78, 5) is 27.9. The van der Waals surface area contributed by atoms with Crippen LogP contribution in [0, 0.1) is 0 Å². The highest BCUT2D eigenvalue weighted by Crippen LogP contribution is 2.23. The van der Waals surface area contributed by atoms with E-state index in [0.29, 0.717) is 11.7 Å². The van der Waals surface area contributed by atoms with E-state index in [1.165, 1.54) is 11.8 Å². The van der Waals surface area contributed by atoms with E-state index in [9.17, 15) is 9.59 Å². The summed E-state index contributed by atoms with van der Waals surface area (Å²) in [6, 6.07) is 17.2. The van der Waals surface area contributed by atoms with Crippen LogP contribution in [-0.4, -0.2) is 29.3 Å². The molecule has 2 aromatic carbocycles. The highest BCUT2D eigenvalue weighted by molar-refractivity contribution is 8.15. The number of carbonyl (C=O) groups excluding carboxylic acids is 2. The molecule has 0 spiro atoms. The molecule has 3 rings (SSSR count). The molecule has 0 aliphatic carbocycles. The van der Waals surface area contributed by atoms with Crippen molar-refractivity contribution in [2.45, 2.75) is 18.2 Å². The maximum absolute atomic E-state index is 11.9. The lowest BCUT2D eigenvalue weighted by molar-refractivity contribution is -0.124. The Kier molecular flexibility index (Phi) is 5.91. The molecule has 2 amide bonds. The summed E-state index contributed by atoms with van der Waals surface area (Å²) in [7, 11) is 1.62. The number of hydrogen-bond donors (Lipinski definition) is 2. The summed E-state index contributed by atoms with van der Waals surface area (Å²) in [5.74, 6) is 0.268. The predicted molar refractivity (Wildman–Crippen MR) is 103 cm³/mol. The number of carbonyl (C=O) groups is 2. The quantitative estimate of drug-likeness (QED) is 0.481. The summed E-state index contributed by atoms with van der Waals surface area (Å²) in [5, 5.41) is 5.69. The zero-order chi connectivity index (χ0) is 18.4. The third-order valence-corrected chi connectivity index (χ3v) is 4.89.